The van der Waals surface area contributed by atoms with Crippen LogP contribution in [0, 0.1) is 6.92 Å². The lowest BCUT2D eigenvalue weighted by atomic mass is 10.1. The van der Waals surface area contributed by atoms with Gasteiger partial charge in [0, 0.05) is 22.5 Å². The molecular weight excluding hydrogens is 346 g/mol. The third-order valence-electron chi connectivity index (χ3n) is 4.72. The summed E-state index contributed by atoms with van der Waals surface area (Å²) in [5.74, 6) is 1.93. The number of hydrogen-bond acceptors (Lipinski definition) is 4. The van der Waals surface area contributed by atoms with Gasteiger partial charge >= 0.3 is 0 Å². The summed E-state index contributed by atoms with van der Waals surface area (Å²) in [7, 11) is 0. The molecule has 0 atom stereocenters. The first-order valence-electron chi connectivity index (χ1n) is 9.13. The predicted octanol–water partition coefficient (Wildman–Crippen LogP) is 5.95. The molecule has 0 saturated carbocycles. The van der Waals surface area contributed by atoms with Crippen LogP contribution in [-0.4, -0.2) is 15.0 Å². The quantitative estimate of drug-likeness (QED) is 0.398. The molecule has 28 heavy (non-hydrogen) atoms. The van der Waals surface area contributed by atoms with E-state index in [0.29, 0.717) is 17.4 Å². The van der Waals surface area contributed by atoms with Crippen LogP contribution in [0.3, 0.4) is 0 Å². The Labute approximate surface area is 162 Å². The van der Waals surface area contributed by atoms with E-state index in [2.05, 4.69) is 28.2 Å². The van der Waals surface area contributed by atoms with Crippen molar-refractivity contribution in [3.63, 3.8) is 0 Å². The maximum absolute atomic E-state index is 6.21. The highest BCUT2D eigenvalue weighted by Gasteiger charge is 2.11. The van der Waals surface area contributed by atoms with Crippen molar-refractivity contribution in [1.82, 2.24) is 15.0 Å². The number of hydrogen-bond donors (Lipinski definition) is 0. The third-order valence-corrected chi connectivity index (χ3v) is 4.72. The molecule has 2 heterocycles. The third kappa shape index (κ3) is 2.95. The van der Waals surface area contributed by atoms with E-state index in [-0.39, 0.29) is 0 Å². The Bertz CT molecular complexity index is 1310. The first-order valence-corrected chi connectivity index (χ1v) is 9.13. The molecule has 5 rings (SSSR count). The fraction of sp³-hybridized carbons (Fsp3) is 0.0417. The predicted molar refractivity (Wildman–Crippen MR) is 112 cm³/mol. The number of para-hydroxylation sites is 1. The minimum atomic E-state index is 0.561. The number of nitrogens with zero attached hydrogens (tertiary/aromatic N) is 3. The number of rotatable bonds is 3. The average molecular weight is 363 g/mol. The zero-order valence-corrected chi connectivity index (χ0v) is 15.3. The highest BCUT2D eigenvalue weighted by Crippen LogP contribution is 2.31. The molecular formula is C24H17N3O. The van der Waals surface area contributed by atoms with E-state index in [1.165, 1.54) is 0 Å². The van der Waals surface area contributed by atoms with Crippen molar-refractivity contribution in [2.75, 3.05) is 0 Å². The van der Waals surface area contributed by atoms with Crippen LogP contribution in [0.4, 0.5) is 0 Å². The largest absolute Gasteiger partial charge is 0.438 e. The van der Waals surface area contributed by atoms with Gasteiger partial charge in [0.15, 0.2) is 5.82 Å². The standard InChI is InChI=1S/C24H17N3O/c1-16-13-14-21(23-25-15-18-8-3-5-11-20(18)26-23)27-24(16)28-22-12-6-9-17-7-2-4-10-19(17)22/h2-15H,1H3. The average Bonchev–Trinajstić information content (AvgIpc) is 2.75. The second kappa shape index (κ2) is 6.74. The Morgan fingerprint density at radius 3 is 2.43 bits per heavy atom. The van der Waals surface area contributed by atoms with Gasteiger partial charge in [-0.3, -0.25) is 0 Å². The lowest BCUT2D eigenvalue weighted by Crippen LogP contribution is -1.97. The van der Waals surface area contributed by atoms with Gasteiger partial charge in [-0.25, -0.2) is 15.0 Å². The first-order chi connectivity index (χ1) is 13.8. The topological polar surface area (TPSA) is 47.9 Å². The molecule has 5 aromatic rings. The fourth-order valence-corrected chi connectivity index (χ4v) is 3.22. The monoisotopic (exact) mass is 363 g/mol. The van der Waals surface area contributed by atoms with Crippen LogP contribution in [0.1, 0.15) is 5.56 Å². The fourth-order valence-electron chi connectivity index (χ4n) is 3.22. The van der Waals surface area contributed by atoms with E-state index >= 15 is 0 Å². The normalized spacial score (nSPS) is 11.0. The molecule has 0 fully saturated rings. The molecule has 4 nitrogen and oxygen atoms in total. The molecule has 2 aromatic heterocycles. The van der Waals surface area contributed by atoms with Gasteiger partial charge in [-0.15, -0.1) is 0 Å². The summed E-state index contributed by atoms with van der Waals surface area (Å²) >= 11 is 0. The molecule has 0 aliphatic rings. The summed E-state index contributed by atoms with van der Waals surface area (Å²) in [5.41, 5.74) is 2.54. The van der Waals surface area contributed by atoms with Crippen molar-refractivity contribution in [3.8, 4) is 23.1 Å². The second-order valence-corrected chi connectivity index (χ2v) is 6.65. The molecule has 4 heteroatoms. The van der Waals surface area contributed by atoms with Gasteiger partial charge in [-0.2, -0.15) is 0 Å². The van der Waals surface area contributed by atoms with Gasteiger partial charge in [-0.05, 0) is 30.5 Å². The van der Waals surface area contributed by atoms with Crippen LogP contribution < -0.4 is 4.74 Å². The maximum Gasteiger partial charge on any atom is 0.222 e. The van der Waals surface area contributed by atoms with Gasteiger partial charge in [0.2, 0.25) is 5.88 Å². The molecule has 0 aliphatic heterocycles. The molecule has 0 radical (unpaired) electrons. The van der Waals surface area contributed by atoms with Gasteiger partial charge in [-0.1, -0.05) is 60.7 Å². The van der Waals surface area contributed by atoms with Gasteiger partial charge in [0.05, 0.1) is 5.52 Å². The van der Waals surface area contributed by atoms with Crippen LogP contribution in [-0.2, 0) is 0 Å². The molecule has 0 aliphatic carbocycles. The van der Waals surface area contributed by atoms with E-state index in [9.17, 15) is 0 Å². The lowest BCUT2D eigenvalue weighted by Gasteiger charge is -2.11. The SMILES string of the molecule is Cc1ccc(-c2ncc3ccccc3n2)nc1Oc1cccc2ccccc12. The number of ether oxygens (including phenoxy) is 1. The van der Waals surface area contributed by atoms with Crippen LogP contribution >= 0.6 is 0 Å². The molecule has 0 spiro atoms. The summed E-state index contributed by atoms with van der Waals surface area (Å²) in [6.07, 6.45) is 1.82. The smallest absolute Gasteiger partial charge is 0.222 e. The molecule has 0 bridgehead atoms. The minimum absolute atomic E-state index is 0.561. The Hall–Kier alpha value is -3.79. The molecule has 0 unspecified atom stereocenters. The van der Waals surface area contributed by atoms with E-state index in [4.69, 9.17) is 9.72 Å². The zero-order chi connectivity index (χ0) is 18.9. The summed E-state index contributed by atoms with van der Waals surface area (Å²) in [5, 5.41) is 3.19. The van der Waals surface area contributed by atoms with Crippen molar-refractivity contribution in [3.05, 3.63) is 90.6 Å². The van der Waals surface area contributed by atoms with E-state index in [1.807, 2.05) is 73.8 Å². The van der Waals surface area contributed by atoms with Crippen molar-refractivity contribution in [2.45, 2.75) is 6.92 Å². The van der Waals surface area contributed by atoms with Crippen LogP contribution in [0.15, 0.2) is 85.1 Å². The summed E-state index contributed by atoms with van der Waals surface area (Å²) in [6, 6.07) is 26.0. The highest BCUT2D eigenvalue weighted by atomic mass is 16.5. The molecule has 3 aromatic carbocycles. The number of fused-ring (bicyclic) bond motifs is 2. The first kappa shape index (κ1) is 16.4. The highest BCUT2D eigenvalue weighted by molar-refractivity contribution is 5.88. The molecule has 0 saturated heterocycles. The van der Waals surface area contributed by atoms with Crippen LogP contribution in [0.25, 0.3) is 33.2 Å². The lowest BCUT2D eigenvalue weighted by molar-refractivity contribution is 0.464. The minimum Gasteiger partial charge on any atom is -0.438 e. The number of aryl methyl sites for hydroxylation is 1. The Balaban J connectivity index is 1.57. The number of aromatic nitrogens is 3. The summed E-state index contributed by atoms with van der Waals surface area (Å²) < 4.78 is 6.21. The summed E-state index contributed by atoms with van der Waals surface area (Å²) in [4.78, 5) is 13.8. The Morgan fingerprint density at radius 1 is 0.714 bits per heavy atom. The number of benzene rings is 3. The molecule has 0 N–H and O–H groups in total. The molecule has 0 amide bonds. The van der Waals surface area contributed by atoms with Crippen LogP contribution in [0.2, 0.25) is 0 Å². The Kier molecular flexibility index (Phi) is 3.95. The van der Waals surface area contributed by atoms with Crippen LogP contribution in [0.5, 0.6) is 11.6 Å². The van der Waals surface area contributed by atoms with E-state index in [1.54, 1.807) is 0 Å². The van der Waals surface area contributed by atoms with Crippen molar-refractivity contribution in [1.29, 1.82) is 0 Å². The van der Waals surface area contributed by atoms with Gasteiger partial charge in [0.25, 0.3) is 0 Å². The second-order valence-electron chi connectivity index (χ2n) is 6.65. The van der Waals surface area contributed by atoms with Crippen molar-refractivity contribution >= 4 is 21.7 Å². The maximum atomic E-state index is 6.21. The van der Waals surface area contributed by atoms with Crippen molar-refractivity contribution < 1.29 is 4.74 Å². The van der Waals surface area contributed by atoms with E-state index < -0.39 is 0 Å². The van der Waals surface area contributed by atoms with E-state index in [0.717, 1.165) is 33.0 Å². The van der Waals surface area contributed by atoms with Gasteiger partial charge < -0.3 is 4.74 Å². The summed E-state index contributed by atoms with van der Waals surface area (Å²) in [6.45, 7) is 1.98. The Morgan fingerprint density at radius 2 is 1.50 bits per heavy atom. The van der Waals surface area contributed by atoms with Crippen molar-refractivity contribution in [2.24, 2.45) is 0 Å². The zero-order valence-electron chi connectivity index (χ0n) is 15.3. The van der Waals surface area contributed by atoms with Gasteiger partial charge in [0.1, 0.15) is 11.4 Å². The molecule has 134 valence electrons. The number of pyridine rings is 1.